The number of hydrogen-bond donors (Lipinski definition) is 0. The zero-order valence-corrected chi connectivity index (χ0v) is 14.7. The van der Waals surface area contributed by atoms with E-state index >= 15 is 0 Å². The van der Waals surface area contributed by atoms with E-state index in [0.29, 0.717) is 5.56 Å². The van der Waals surface area contributed by atoms with Gasteiger partial charge in [-0.25, -0.2) is 9.59 Å². The largest absolute Gasteiger partial charge is 0.460 e. The van der Waals surface area contributed by atoms with Crippen LogP contribution in [0.1, 0.15) is 5.56 Å². The molecule has 0 aliphatic rings. The van der Waals surface area contributed by atoms with Crippen molar-refractivity contribution >= 4 is 17.6 Å². The number of hydrogen-bond acceptors (Lipinski definition) is 8. The average Bonchev–Trinajstić information content (AvgIpc) is 2.67. The van der Waals surface area contributed by atoms with E-state index in [9.17, 15) is 19.7 Å². The first-order valence-corrected chi connectivity index (χ1v) is 7.75. The maximum absolute atomic E-state index is 11.5. The van der Waals surface area contributed by atoms with Crippen molar-refractivity contribution in [3.63, 3.8) is 0 Å². The third-order valence-electron chi connectivity index (χ3n) is 3.15. The number of benzene rings is 1. The lowest BCUT2D eigenvalue weighted by Crippen LogP contribution is -2.25. The first kappa shape index (κ1) is 21.8. The Balaban J connectivity index is 2.39. The van der Waals surface area contributed by atoms with E-state index < -0.39 is 23.0 Å². The Kier molecular flexibility index (Phi) is 9.85. The Bertz CT molecular complexity index is 722. The van der Waals surface area contributed by atoms with Gasteiger partial charge in [-0.2, -0.15) is 0 Å². The van der Waals surface area contributed by atoms with Crippen LogP contribution in [-0.2, 0) is 35.1 Å². The number of ether oxygens (including phenoxy) is 4. The quantitative estimate of drug-likeness (QED) is 0.187. The van der Waals surface area contributed by atoms with Gasteiger partial charge in [0, 0.05) is 25.3 Å². The van der Waals surface area contributed by atoms with E-state index in [1.807, 2.05) is 0 Å². The monoisotopic (exact) mass is 377 g/mol. The number of nitrogens with zero attached hydrogens (tertiary/aromatic N) is 1. The van der Waals surface area contributed by atoms with E-state index in [-0.39, 0.29) is 32.1 Å². The van der Waals surface area contributed by atoms with Crippen molar-refractivity contribution in [3.8, 4) is 12.3 Å². The molecule has 27 heavy (non-hydrogen) atoms. The molecule has 1 aromatic rings. The molecule has 0 aliphatic heterocycles. The van der Waals surface area contributed by atoms with E-state index in [1.165, 1.54) is 13.2 Å². The summed E-state index contributed by atoms with van der Waals surface area (Å²) in [5, 5.41) is 10.9. The van der Waals surface area contributed by atoms with Crippen molar-refractivity contribution < 1.29 is 33.5 Å². The molecule has 9 heteroatoms. The van der Waals surface area contributed by atoms with Crippen LogP contribution in [-0.4, -0.2) is 49.9 Å². The Morgan fingerprint density at radius 3 is 2.52 bits per heavy atom. The fourth-order valence-electron chi connectivity index (χ4n) is 1.82. The minimum absolute atomic E-state index is 0.00583. The summed E-state index contributed by atoms with van der Waals surface area (Å²) in [7, 11) is 1.40. The smallest absolute Gasteiger partial charge is 0.331 e. The Labute approximate surface area is 156 Å². The number of para-hydroxylation sites is 1. The molecule has 144 valence electrons. The molecule has 1 aromatic carbocycles. The Morgan fingerprint density at radius 2 is 1.89 bits per heavy atom. The van der Waals surface area contributed by atoms with Gasteiger partial charge < -0.3 is 18.9 Å². The van der Waals surface area contributed by atoms with Crippen molar-refractivity contribution in [2.45, 2.75) is 12.7 Å². The zero-order chi connectivity index (χ0) is 20.1. The van der Waals surface area contributed by atoms with Crippen LogP contribution in [0.4, 0.5) is 5.69 Å². The maximum Gasteiger partial charge on any atom is 0.331 e. The minimum atomic E-state index is -0.770. The van der Waals surface area contributed by atoms with Gasteiger partial charge in [0.25, 0.3) is 5.69 Å². The van der Waals surface area contributed by atoms with Crippen molar-refractivity contribution in [2.24, 2.45) is 0 Å². The van der Waals surface area contributed by atoms with Crippen LogP contribution in [0.3, 0.4) is 0 Å². The molecule has 0 saturated heterocycles. The molecule has 0 fully saturated rings. The molecule has 0 bridgehead atoms. The van der Waals surface area contributed by atoms with Crippen molar-refractivity contribution in [1.29, 1.82) is 0 Å². The normalized spacial score (nSPS) is 11.6. The van der Waals surface area contributed by atoms with Crippen LogP contribution in [0, 0.1) is 22.5 Å². The van der Waals surface area contributed by atoms with Gasteiger partial charge in [-0.05, 0) is 6.07 Å². The molecule has 0 amide bonds. The highest BCUT2D eigenvalue weighted by Gasteiger charge is 2.15. The highest BCUT2D eigenvalue weighted by Crippen LogP contribution is 2.18. The molecule has 0 aromatic heterocycles. The summed E-state index contributed by atoms with van der Waals surface area (Å²) >= 11 is 0. The number of carbonyl (C=O) groups is 2. The Morgan fingerprint density at radius 1 is 1.22 bits per heavy atom. The summed E-state index contributed by atoms with van der Waals surface area (Å²) in [6, 6.07) is 6.20. The summed E-state index contributed by atoms with van der Waals surface area (Å²) in [5.41, 5.74) is 0.377. The van der Waals surface area contributed by atoms with Crippen molar-refractivity contribution in [3.05, 3.63) is 52.1 Å². The van der Waals surface area contributed by atoms with Crippen LogP contribution in [0.25, 0.3) is 0 Å². The van der Waals surface area contributed by atoms with Gasteiger partial charge in [-0.1, -0.05) is 18.1 Å². The molecular weight excluding hydrogens is 358 g/mol. The number of terminal acetylenes is 1. The van der Waals surface area contributed by atoms with Crippen LogP contribution in [0.2, 0.25) is 0 Å². The lowest BCUT2D eigenvalue weighted by molar-refractivity contribution is -0.386. The number of carbonyl (C=O) groups excluding carboxylic acids is 2. The molecule has 0 spiro atoms. The lowest BCUT2D eigenvalue weighted by Gasteiger charge is -2.15. The minimum Gasteiger partial charge on any atom is -0.460 e. The fourth-order valence-corrected chi connectivity index (χ4v) is 1.82. The summed E-state index contributed by atoms with van der Waals surface area (Å²) < 4.78 is 20.0. The second kappa shape index (κ2) is 12.2. The molecule has 0 heterocycles. The first-order valence-electron chi connectivity index (χ1n) is 7.75. The van der Waals surface area contributed by atoms with E-state index in [2.05, 4.69) is 10.7 Å². The highest BCUT2D eigenvalue weighted by atomic mass is 16.6. The van der Waals surface area contributed by atoms with Gasteiger partial charge in [0.15, 0.2) is 6.61 Å². The zero-order valence-electron chi connectivity index (χ0n) is 14.7. The summed E-state index contributed by atoms with van der Waals surface area (Å²) in [4.78, 5) is 33.1. The molecule has 0 N–H and O–H groups in total. The predicted octanol–water partition coefficient (Wildman–Crippen LogP) is 1.40. The van der Waals surface area contributed by atoms with Crippen LogP contribution >= 0.6 is 0 Å². The van der Waals surface area contributed by atoms with E-state index in [1.54, 1.807) is 18.2 Å². The average molecular weight is 377 g/mol. The molecule has 0 saturated carbocycles. The molecule has 1 atom stereocenters. The van der Waals surface area contributed by atoms with Gasteiger partial charge in [0.05, 0.1) is 23.7 Å². The van der Waals surface area contributed by atoms with Gasteiger partial charge in [0.1, 0.15) is 12.7 Å². The van der Waals surface area contributed by atoms with Crippen LogP contribution < -0.4 is 0 Å². The molecule has 1 unspecified atom stereocenters. The van der Waals surface area contributed by atoms with E-state index in [0.717, 1.165) is 12.2 Å². The summed E-state index contributed by atoms with van der Waals surface area (Å²) in [5.74, 6) is 0.581. The van der Waals surface area contributed by atoms with Crippen molar-refractivity contribution in [2.75, 3.05) is 26.9 Å². The van der Waals surface area contributed by atoms with Crippen LogP contribution in [0.15, 0.2) is 36.4 Å². The number of rotatable bonds is 11. The van der Waals surface area contributed by atoms with Gasteiger partial charge in [0.2, 0.25) is 0 Å². The number of methoxy groups -OCH3 is 1. The predicted molar refractivity (Wildman–Crippen MR) is 93.4 cm³/mol. The topological polar surface area (TPSA) is 114 Å². The molecule has 0 radical (unpaired) electrons. The van der Waals surface area contributed by atoms with Gasteiger partial charge in [-0.3, -0.25) is 10.1 Å². The van der Waals surface area contributed by atoms with Gasteiger partial charge in [-0.15, -0.1) is 6.42 Å². The third kappa shape index (κ3) is 8.62. The highest BCUT2D eigenvalue weighted by molar-refractivity contribution is 5.91. The summed E-state index contributed by atoms with van der Waals surface area (Å²) in [6.07, 6.45) is 6.14. The Hall–Kier alpha value is -3.22. The maximum atomic E-state index is 11.5. The fraction of sp³-hybridized carbons (Fsp3) is 0.333. The van der Waals surface area contributed by atoms with Gasteiger partial charge >= 0.3 is 11.9 Å². The molecule has 1 rings (SSSR count). The SMILES string of the molecule is C#CCOC(=O)/C=C/C(=O)OCC(COCc1ccccc1[N+](=O)[O-])OC. The summed E-state index contributed by atoms with van der Waals surface area (Å²) in [6.45, 7) is -0.271. The second-order valence-electron chi connectivity index (χ2n) is 5.03. The number of nitro benzene ring substituents is 1. The number of esters is 2. The van der Waals surface area contributed by atoms with E-state index in [4.69, 9.17) is 20.6 Å². The molecule has 0 aliphatic carbocycles. The standard InChI is InChI=1S/C18H19NO8/c1-3-10-26-17(20)8-9-18(21)27-13-15(24-2)12-25-11-14-6-4-5-7-16(14)19(22)23/h1,4-9,15H,10-13H2,2H3/b9-8+. The second-order valence-corrected chi connectivity index (χ2v) is 5.03. The first-order chi connectivity index (χ1) is 13.0. The van der Waals surface area contributed by atoms with Crippen LogP contribution in [0.5, 0.6) is 0 Å². The lowest BCUT2D eigenvalue weighted by atomic mass is 10.2. The number of nitro groups is 1. The van der Waals surface area contributed by atoms with Crippen molar-refractivity contribution in [1.82, 2.24) is 0 Å². The molecular formula is C18H19NO8. The molecule has 9 nitrogen and oxygen atoms in total. The third-order valence-corrected chi connectivity index (χ3v) is 3.15.